The van der Waals surface area contributed by atoms with Gasteiger partial charge in [-0.15, -0.1) is 0 Å². The molecule has 102 valence electrons. The highest BCUT2D eigenvalue weighted by Gasteiger charge is 2.23. The molecule has 0 aliphatic carbocycles. The summed E-state index contributed by atoms with van der Waals surface area (Å²) >= 11 is 3.03. The van der Waals surface area contributed by atoms with Crippen molar-refractivity contribution in [2.45, 2.75) is 17.9 Å². The zero-order valence-electron chi connectivity index (χ0n) is 9.74. The Morgan fingerprint density at radius 3 is 2.37 bits per heavy atom. The minimum Gasteiger partial charge on any atom is -0.479 e. The number of aliphatic hydroxyl groups is 1. The first-order valence-corrected chi connectivity index (χ1v) is 6.04. The predicted octanol–water partition coefficient (Wildman–Crippen LogP) is 1.68. The van der Waals surface area contributed by atoms with Gasteiger partial charge in [-0.1, -0.05) is 15.9 Å². The maximum atomic E-state index is 11.8. The Kier molecular flexibility index (Phi) is 4.73. The van der Waals surface area contributed by atoms with E-state index in [0.717, 1.165) is 18.2 Å². The summed E-state index contributed by atoms with van der Waals surface area (Å²) in [5, 5.41) is 28.8. The second-order valence-corrected chi connectivity index (χ2v) is 5.16. The minimum absolute atomic E-state index is 0.0334. The minimum atomic E-state index is -1.92. The van der Waals surface area contributed by atoms with Crippen LogP contribution in [-0.2, 0) is 4.79 Å². The number of halogens is 1. The van der Waals surface area contributed by atoms with Gasteiger partial charge < -0.3 is 10.2 Å². The average Bonchev–Trinajstić information content (AvgIpc) is 2.35. The number of aliphatic hydroxyl groups excluding tert-OH is 1. The average molecular weight is 332 g/mol. The SMILES string of the molecule is CC(Br)C(=O)c1cc(C(O)C(=O)O)cc([N+](=O)[O-])c1. The number of carbonyl (C=O) groups is 2. The van der Waals surface area contributed by atoms with Crippen LogP contribution in [0.25, 0.3) is 0 Å². The summed E-state index contributed by atoms with van der Waals surface area (Å²) < 4.78 is 0. The molecule has 0 fully saturated rings. The van der Waals surface area contributed by atoms with E-state index in [1.807, 2.05) is 0 Å². The Bertz CT molecular complexity index is 542. The molecule has 7 nitrogen and oxygen atoms in total. The van der Waals surface area contributed by atoms with Gasteiger partial charge in [-0.3, -0.25) is 14.9 Å². The first-order chi connectivity index (χ1) is 8.73. The molecular weight excluding hydrogens is 322 g/mol. The fraction of sp³-hybridized carbons (Fsp3) is 0.273. The highest BCUT2D eigenvalue weighted by Crippen LogP contribution is 2.24. The number of carboxylic acid groups (broad SMARTS) is 1. The fourth-order valence-electron chi connectivity index (χ4n) is 1.41. The normalized spacial score (nSPS) is 13.6. The molecule has 1 aromatic carbocycles. The van der Waals surface area contributed by atoms with Crippen LogP contribution >= 0.6 is 15.9 Å². The number of nitro groups is 1. The molecule has 0 radical (unpaired) electrons. The molecule has 0 bridgehead atoms. The predicted molar refractivity (Wildman–Crippen MR) is 68.4 cm³/mol. The van der Waals surface area contributed by atoms with Gasteiger partial charge in [0.25, 0.3) is 5.69 Å². The number of hydrogen-bond acceptors (Lipinski definition) is 5. The van der Waals surface area contributed by atoms with Gasteiger partial charge >= 0.3 is 5.97 Å². The number of alkyl halides is 1. The summed E-state index contributed by atoms with van der Waals surface area (Å²) in [6, 6.07) is 3.10. The molecule has 1 rings (SSSR count). The van der Waals surface area contributed by atoms with Gasteiger partial charge in [0.1, 0.15) is 0 Å². The van der Waals surface area contributed by atoms with Crippen LogP contribution in [0.3, 0.4) is 0 Å². The van der Waals surface area contributed by atoms with Gasteiger partial charge in [-0.25, -0.2) is 4.79 Å². The van der Waals surface area contributed by atoms with Crippen molar-refractivity contribution in [3.8, 4) is 0 Å². The number of benzene rings is 1. The van der Waals surface area contributed by atoms with Crippen LogP contribution in [-0.4, -0.2) is 31.7 Å². The smallest absolute Gasteiger partial charge is 0.337 e. The van der Waals surface area contributed by atoms with E-state index in [0.29, 0.717) is 0 Å². The van der Waals surface area contributed by atoms with Crippen LogP contribution in [0.5, 0.6) is 0 Å². The zero-order chi connectivity index (χ0) is 14.7. The van der Waals surface area contributed by atoms with Crippen molar-refractivity contribution in [1.82, 2.24) is 0 Å². The topological polar surface area (TPSA) is 118 Å². The highest BCUT2D eigenvalue weighted by atomic mass is 79.9. The molecule has 0 saturated heterocycles. The molecule has 0 spiro atoms. The van der Waals surface area contributed by atoms with Crippen molar-refractivity contribution < 1.29 is 24.7 Å². The molecule has 19 heavy (non-hydrogen) atoms. The third kappa shape index (κ3) is 3.58. The second kappa shape index (κ2) is 5.89. The van der Waals surface area contributed by atoms with E-state index in [9.17, 15) is 24.8 Å². The molecule has 0 aliphatic rings. The van der Waals surface area contributed by atoms with E-state index in [1.165, 1.54) is 6.92 Å². The molecule has 2 atom stereocenters. The number of nitro benzene ring substituents is 1. The monoisotopic (exact) mass is 331 g/mol. The Hall–Kier alpha value is -1.80. The molecule has 0 amide bonds. The first kappa shape index (κ1) is 15.3. The lowest BCUT2D eigenvalue weighted by molar-refractivity contribution is -0.385. The zero-order valence-corrected chi connectivity index (χ0v) is 11.3. The molecule has 2 N–H and O–H groups in total. The third-order valence-corrected chi connectivity index (χ3v) is 2.76. The van der Waals surface area contributed by atoms with E-state index in [-0.39, 0.29) is 11.1 Å². The molecule has 1 aromatic rings. The van der Waals surface area contributed by atoms with Crippen LogP contribution in [0, 0.1) is 10.1 Å². The number of ketones is 1. The Labute approximate surface area is 116 Å². The fourth-order valence-corrected chi connectivity index (χ4v) is 1.68. The van der Waals surface area contributed by atoms with Gasteiger partial charge in [0.05, 0.1) is 9.75 Å². The lowest BCUT2D eigenvalue weighted by atomic mass is 10.0. The van der Waals surface area contributed by atoms with E-state index in [1.54, 1.807) is 0 Å². The third-order valence-electron chi connectivity index (χ3n) is 2.35. The second-order valence-electron chi connectivity index (χ2n) is 3.79. The molecular formula is C11H10BrNO6. The molecule has 2 unspecified atom stereocenters. The van der Waals surface area contributed by atoms with Gasteiger partial charge in [0, 0.05) is 17.7 Å². The summed E-state index contributed by atoms with van der Waals surface area (Å²) in [5.74, 6) is -1.99. The lowest BCUT2D eigenvalue weighted by Gasteiger charge is -2.09. The van der Waals surface area contributed by atoms with Crippen molar-refractivity contribution >= 4 is 33.4 Å². The number of carbonyl (C=O) groups excluding carboxylic acids is 1. The molecule has 0 aromatic heterocycles. The quantitative estimate of drug-likeness (QED) is 0.367. The molecule has 8 heteroatoms. The maximum Gasteiger partial charge on any atom is 0.337 e. The number of hydrogen-bond donors (Lipinski definition) is 2. The number of carboxylic acids is 1. The summed E-state index contributed by atoms with van der Waals surface area (Å²) in [6.45, 7) is 1.54. The van der Waals surface area contributed by atoms with Crippen LogP contribution in [0.15, 0.2) is 18.2 Å². The molecule has 0 heterocycles. The van der Waals surface area contributed by atoms with Crippen LogP contribution < -0.4 is 0 Å². The van der Waals surface area contributed by atoms with E-state index < -0.39 is 33.3 Å². The van der Waals surface area contributed by atoms with Crippen LogP contribution in [0.2, 0.25) is 0 Å². The van der Waals surface area contributed by atoms with Crippen molar-refractivity contribution in [2.75, 3.05) is 0 Å². The van der Waals surface area contributed by atoms with E-state index in [4.69, 9.17) is 5.11 Å². The van der Waals surface area contributed by atoms with Gasteiger partial charge in [0.2, 0.25) is 0 Å². The Balaban J connectivity index is 3.37. The number of Topliss-reactive ketones (excluding diaryl/α,β-unsaturated/α-hetero) is 1. The number of nitrogens with zero attached hydrogens (tertiary/aromatic N) is 1. The lowest BCUT2D eigenvalue weighted by Crippen LogP contribution is -2.14. The van der Waals surface area contributed by atoms with Gasteiger partial charge in [0.15, 0.2) is 11.9 Å². The summed E-state index contributed by atoms with van der Waals surface area (Å²) in [6.07, 6.45) is -1.92. The van der Waals surface area contributed by atoms with Gasteiger partial charge in [-0.2, -0.15) is 0 Å². The van der Waals surface area contributed by atoms with Gasteiger partial charge in [-0.05, 0) is 18.6 Å². The molecule has 0 aliphatic heterocycles. The molecule has 0 saturated carbocycles. The summed E-state index contributed by atoms with van der Waals surface area (Å²) in [4.78, 5) is 31.9. The van der Waals surface area contributed by atoms with Crippen LogP contribution in [0.4, 0.5) is 5.69 Å². The Morgan fingerprint density at radius 2 is 1.95 bits per heavy atom. The number of aliphatic carboxylic acids is 1. The van der Waals surface area contributed by atoms with E-state index >= 15 is 0 Å². The number of non-ortho nitro benzene ring substituents is 1. The van der Waals surface area contributed by atoms with Crippen molar-refractivity contribution in [2.24, 2.45) is 0 Å². The number of rotatable bonds is 5. The van der Waals surface area contributed by atoms with Crippen molar-refractivity contribution in [1.29, 1.82) is 0 Å². The van der Waals surface area contributed by atoms with E-state index in [2.05, 4.69) is 15.9 Å². The highest BCUT2D eigenvalue weighted by molar-refractivity contribution is 9.10. The largest absolute Gasteiger partial charge is 0.479 e. The van der Waals surface area contributed by atoms with Crippen LogP contribution in [0.1, 0.15) is 28.9 Å². The Morgan fingerprint density at radius 1 is 1.37 bits per heavy atom. The maximum absolute atomic E-state index is 11.8. The van der Waals surface area contributed by atoms with Crippen molar-refractivity contribution in [3.05, 3.63) is 39.4 Å². The standard InChI is InChI=1S/C11H10BrNO6/c1-5(12)9(14)6-2-7(10(15)11(16)17)4-8(3-6)13(18)19/h2-5,10,15H,1H3,(H,16,17). The summed E-state index contributed by atoms with van der Waals surface area (Å²) in [5.41, 5.74) is -0.693. The first-order valence-electron chi connectivity index (χ1n) is 5.12. The van der Waals surface area contributed by atoms with Crippen molar-refractivity contribution in [3.63, 3.8) is 0 Å². The summed E-state index contributed by atoms with van der Waals surface area (Å²) in [7, 11) is 0.